The molecule has 0 unspecified atom stereocenters. The molecule has 0 amide bonds. The molecule has 0 fully saturated rings. The van der Waals surface area contributed by atoms with Gasteiger partial charge in [0.2, 0.25) is 18.3 Å². The quantitative estimate of drug-likeness (QED) is 0.318. The number of methoxy groups -OCH3 is 4. The Morgan fingerprint density at radius 2 is 1.38 bits per heavy atom. The lowest BCUT2D eigenvalue weighted by Crippen LogP contribution is -2.31. The van der Waals surface area contributed by atoms with E-state index < -0.39 is 24.1 Å². The van der Waals surface area contributed by atoms with Gasteiger partial charge in [0.25, 0.3) is 0 Å². The smallest absolute Gasteiger partial charge is 0.333 e. The summed E-state index contributed by atoms with van der Waals surface area (Å²) in [5, 5.41) is 0. The molecule has 4 atom stereocenters. The Hall–Kier alpha value is -4.08. The standard InChI is InChI=1S/C30H36O10/c1-10-14(2)30(32)40-25-16(4)15(3)24(39-17(5)31)19-12-21-27(38-13-37-21)29(36-9)23(19)22-18(25)11-20(33-6)26(34-7)28(22)35-8/h10-12,15-16,24-25H,13H2,1-9H3/b14-10-/t15-,16+,24-,25-/m1/s1. The highest BCUT2D eigenvalue weighted by atomic mass is 16.7. The van der Waals surface area contributed by atoms with E-state index in [1.54, 1.807) is 32.1 Å². The van der Waals surface area contributed by atoms with Crippen molar-refractivity contribution in [3.8, 4) is 45.6 Å². The van der Waals surface area contributed by atoms with Gasteiger partial charge in [-0.1, -0.05) is 19.9 Å². The van der Waals surface area contributed by atoms with E-state index in [0.29, 0.717) is 62.3 Å². The first-order chi connectivity index (χ1) is 19.1. The summed E-state index contributed by atoms with van der Waals surface area (Å²) >= 11 is 0. The topological polar surface area (TPSA) is 108 Å². The Kier molecular flexibility index (Phi) is 8.37. The Labute approximate surface area is 234 Å². The van der Waals surface area contributed by atoms with E-state index >= 15 is 0 Å². The summed E-state index contributed by atoms with van der Waals surface area (Å²) in [7, 11) is 6.05. The number of esters is 2. The molecule has 2 aromatic rings. The van der Waals surface area contributed by atoms with Crippen LogP contribution in [-0.4, -0.2) is 47.2 Å². The number of hydrogen-bond acceptors (Lipinski definition) is 10. The van der Waals surface area contributed by atoms with Gasteiger partial charge in [-0.15, -0.1) is 0 Å². The van der Waals surface area contributed by atoms with Crippen LogP contribution in [0.2, 0.25) is 0 Å². The molecule has 40 heavy (non-hydrogen) atoms. The average Bonchev–Trinajstić information content (AvgIpc) is 3.43. The summed E-state index contributed by atoms with van der Waals surface area (Å²) in [6, 6.07) is 3.58. The lowest BCUT2D eigenvalue weighted by atomic mass is 9.74. The average molecular weight is 557 g/mol. The van der Waals surface area contributed by atoms with E-state index in [4.69, 9.17) is 37.9 Å². The minimum atomic E-state index is -0.803. The number of allylic oxidation sites excluding steroid dienone is 1. The fourth-order valence-corrected chi connectivity index (χ4v) is 5.33. The van der Waals surface area contributed by atoms with Crippen molar-refractivity contribution >= 4 is 11.9 Å². The van der Waals surface area contributed by atoms with Crippen molar-refractivity contribution in [3.63, 3.8) is 0 Å². The molecule has 0 spiro atoms. The minimum absolute atomic E-state index is 0.00241. The van der Waals surface area contributed by atoms with Crippen molar-refractivity contribution < 1.29 is 47.5 Å². The monoisotopic (exact) mass is 556 g/mol. The van der Waals surface area contributed by atoms with Crippen molar-refractivity contribution in [2.24, 2.45) is 11.8 Å². The first-order valence-corrected chi connectivity index (χ1v) is 13.0. The van der Waals surface area contributed by atoms with Gasteiger partial charge in [0.15, 0.2) is 23.0 Å². The highest BCUT2D eigenvalue weighted by Crippen LogP contribution is 2.60. The highest BCUT2D eigenvalue weighted by molar-refractivity contribution is 5.91. The maximum Gasteiger partial charge on any atom is 0.333 e. The lowest BCUT2D eigenvalue weighted by Gasteiger charge is -2.38. The van der Waals surface area contributed by atoms with E-state index in [-0.39, 0.29) is 18.6 Å². The Morgan fingerprint density at radius 3 is 1.93 bits per heavy atom. The molecule has 1 heterocycles. The number of ether oxygens (including phenoxy) is 8. The highest BCUT2D eigenvalue weighted by Gasteiger charge is 2.44. The molecule has 10 nitrogen and oxygen atoms in total. The van der Waals surface area contributed by atoms with E-state index in [0.717, 1.165) is 0 Å². The number of benzene rings is 2. The zero-order chi connectivity index (χ0) is 29.3. The molecule has 0 saturated carbocycles. The number of fused-ring (bicyclic) bond motifs is 4. The van der Waals surface area contributed by atoms with Crippen LogP contribution in [0.25, 0.3) is 11.1 Å². The zero-order valence-electron chi connectivity index (χ0n) is 24.3. The van der Waals surface area contributed by atoms with Gasteiger partial charge >= 0.3 is 11.9 Å². The van der Waals surface area contributed by atoms with Crippen molar-refractivity contribution in [1.82, 2.24) is 0 Å². The molecule has 10 heteroatoms. The Balaban J connectivity index is 2.21. The third-order valence-corrected chi connectivity index (χ3v) is 7.64. The van der Waals surface area contributed by atoms with Gasteiger partial charge in [0.1, 0.15) is 12.2 Å². The third kappa shape index (κ3) is 4.76. The van der Waals surface area contributed by atoms with Crippen molar-refractivity contribution in [1.29, 1.82) is 0 Å². The molecule has 216 valence electrons. The second-order valence-corrected chi connectivity index (χ2v) is 9.76. The maximum atomic E-state index is 13.2. The van der Waals surface area contributed by atoms with Crippen LogP contribution in [0.3, 0.4) is 0 Å². The van der Waals surface area contributed by atoms with Crippen molar-refractivity contribution in [2.45, 2.75) is 46.8 Å². The Morgan fingerprint density at radius 1 is 0.800 bits per heavy atom. The van der Waals surface area contributed by atoms with Gasteiger partial charge < -0.3 is 37.9 Å². The van der Waals surface area contributed by atoms with Crippen molar-refractivity contribution in [3.05, 3.63) is 34.9 Å². The van der Waals surface area contributed by atoms with Crippen LogP contribution >= 0.6 is 0 Å². The van der Waals surface area contributed by atoms with Gasteiger partial charge in [-0.05, 0) is 26.0 Å². The molecule has 2 aromatic carbocycles. The zero-order valence-corrected chi connectivity index (χ0v) is 24.3. The molecule has 0 radical (unpaired) electrons. The van der Waals surface area contributed by atoms with Gasteiger partial charge in [0.05, 0.1) is 28.4 Å². The van der Waals surface area contributed by atoms with Gasteiger partial charge in [-0.3, -0.25) is 4.79 Å². The molecule has 4 rings (SSSR count). The molecule has 0 aromatic heterocycles. The summed E-state index contributed by atoms with van der Waals surface area (Å²) in [6.07, 6.45) is 0.124. The van der Waals surface area contributed by atoms with Crippen LogP contribution in [0.1, 0.15) is 58.0 Å². The summed E-state index contributed by atoms with van der Waals surface area (Å²) < 4.78 is 47.0. The van der Waals surface area contributed by atoms with Gasteiger partial charge in [-0.25, -0.2) is 4.79 Å². The number of hydrogen-bond donors (Lipinski definition) is 0. The van der Waals surface area contributed by atoms with Crippen molar-refractivity contribution in [2.75, 3.05) is 35.2 Å². The summed E-state index contributed by atoms with van der Waals surface area (Å²) in [4.78, 5) is 25.6. The second-order valence-electron chi connectivity index (χ2n) is 9.76. The first-order valence-electron chi connectivity index (χ1n) is 13.0. The molecule has 1 aliphatic carbocycles. The molecule has 0 bridgehead atoms. The van der Waals surface area contributed by atoms with E-state index in [9.17, 15) is 9.59 Å². The van der Waals surface area contributed by atoms with E-state index in [2.05, 4.69) is 0 Å². The minimum Gasteiger partial charge on any atom is -0.493 e. The largest absolute Gasteiger partial charge is 0.493 e. The molecular weight excluding hydrogens is 520 g/mol. The van der Waals surface area contributed by atoms with Crippen LogP contribution < -0.4 is 28.4 Å². The normalized spacial score (nSPS) is 21.3. The maximum absolute atomic E-state index is 13.2. The summed E-state index contributed by atoms with van der Waals surface area (Å²) in [5.41, 5.74) is 2.74. The fourth-order valence-electron chi connectivity index (χ4n) is 5.33. The SMILES string of the molecule is C/C=C(/C)C(=O)O[C@H]1c2cc(OC)c(OC)c(OC)c2-c2c(cc3c(c2OC)OCO3)[C@H](OC(C)=O)[C@H](C)[C@@H]1C. The van der Waals surface area contributed by atoms with Crippen LogP contribution in [0.4, 0.5) is 0 Å². The van der Waals surface area contributed by atoms with Crippen LogP contribution in [-0.2, 0) is 19.1 Å². The van der Waals surface area contributed by atoms with Crippen LogP contribution in [0, 0.1) is 11.8 Å². The van der Waals surface area contributed by atoms with E-state index in [1.807, 2.05) is 13.8 Å². The summed E-state index contributed by atoms with van der Waals surface area (Å²) in [5.74, 6) is 0.625. The second kappa shape index (κ2) is 11.6. The predicted molar refractivity (Wildman–Crippen MR) is 145 cm³/mol. The fraction of sp³-hybridized carbons (Fsp3) is 0.467. The summed E-state index contributed by atoms with van der Waals surface area (Å²) in [6.45, 7) is 8.72. The molecule has 1 aliphatic heterocycles. The van der Waals surface area contributed by atoms with Gasteiger partial charge in [-0.2, -0.15) is 0 Å². The number of carbonyl (C=O) groups is 2. The van der Waals surface area contributed by atoms with Crippen LogP contribution in [0.5, 0.6) is 34.5 Å². The molecular formula is C30H36O10. The number of rotatable bonds is 7. The molecule has 0 saturated heterocycles. The van der Waals surface area contributed by atoms with Crippen LogP contribution in [0.15, 0.2) is 23.8 Å². The van der Waals surface area contributed by atoms with E-state index in [1.165, 1.54) is 35.4 Å². The molecule has 0 N–H and O–H groups in total. The third-order valence-electron chi connectivity index (χ3n) is 7.64. The predicted octanol–water partition coefficient (Wildman–Crippen LogP) is 5.56. The first kappa shape index (κ1) is 28.9. The lowest BCUT2D eigenvalue weighted by molar-refractivity contribution is -0.157. The Bertz CT molecular complexity index is 1340. The van der Waals surface area contributed by atoms with Gasteiger partial charge in [0, 0.05) is 46.6 Å². The number of carbonyl (C=O) groups excluding carboxylic acids is 2. The molecule has 2 aliphatic rings.